The first-order valence-corrected chi connectivity index (χ1v) is 8.01. The molecule has 0 saturated carbocycles. The van der Waals surface area contributed by atoms with Crippen LogP contribution in [-0.4, -0.2) is 54.7 Å². The lowest BCUT2D eigenvalue weighted by atomic mass is 9.82. The molecule has 0 bridgehead atoms. The first kappa shape index (κ1) is 17.8. The summed E-state index contributed by atoms with van der Waals surface area (Å²) < 4.78 is 0. The summed E-state index contributed by atoms with van der Waals surface area (Å²) in [5.41, 5.74) is -0.857. The number of hydrogen-bond acceptors (Lipinski definition) is 3. The maximum absolute atomic E-state index is 11.8. The van der Waals surface area contributed by atoms with Crippen molar-refractivity contribution in [2.75, 3.05) is 32.7 Å². The van der Waals surface area contributed by atoms with E-state index in [9.17, 15) is 14.7 Å². The number of carboxylic acids is 1. The van der Waals surface area contributed by atoms with Gasteiger partial charge in [0, 0.05) is 19.6 Å². The number of likely N-dealkylation sites (tertiary alicyclic amines) is 1. The summed E-state index contributed by atoms with van der Waals surface area (Å²) in [6.07, 6.45) is 4.79. The van der Waals surface area contributed by atoms with Crippen molar-refractivity contribution in [3.63, 3.8) is 0 Å². The van der Waals surface area contributed by atoms with Crippen LogP contribution < -0.4 is 10.6 Å². The Morgan fingerprint density at radius 3 is 2.24 bits per heavy atom. The van der Waals surface area contributed by atoms with Crippen LogP contribution in [0.5, 0.6) is 0 Å². The molecule has 0 aliphatic carbocycles. The molecule has 0 spiro atoms. The molecule has 2 amide bonds. The third kappa shape index (κ3) is 5.53. The van der Waals surface area contributed by atoms with E-state index < -0.39 is 11.4 Å². The van der Waals surface area contributed by atoms with Gasteiger partial charge < -0.3 is 20.6 Å². The smallest absolute Gasteiger partial charge is 0.314 e. The maximum atomic E-state index is 11.8. The highest BCUT2D eigenvalue weighted by atomic mass is 16.4. The summed E-state index contributed by atoms with van der Waals surface area (Å²) in [5.74, 6) is -0.846. The highest BCUT2D eigenvalue weighted by Gasteiger charge is 2.35. The lowest BCUT2D eigenvalue weighted by Crippen LogP contribution is -2.47. The summed E-state index contributed by atoms with van der Waals surface area (Å²) in [5, 5.41) is 14.8. The predicted molar refractivity (Wildman–Crippen MR) is 82.3 cm³/mol. The van der Waals surface area contributed by atoms with Gasteiger partial charge in [0.1, 0.15) is 0 Å². The van der Waals surface area contributed by atoms with Crippen LogP contribution in [0.3, 0.4) is 0 Å². The standard InChI is InChI=1S/C15H29N3O3/c1-3-15(4-2,13(19)20)12-17-14(21)16-8-11-18-9-6-5-7-10-18/h3-12H2,1-2H3,(H,19,20)(H2,16,17,21). The summed E-state index contributed by atoms with van der Waals surface area (Å²) in [6.45, 7) is 7.53. The number of amides is 2. The Morgan fingerprint density at radius 2 is 1.71 bits per heavy atom. The van der Waals surface area contributed by atoms with E-state index in [4.69, 9.17) is 0 Å². The summed E-state index contributed by atoms with van der Waals surface area (Å²) in [7, 11) is 0. The van der Waals surface area contributed by atoms with Gasteiger partial charge in [-0.3, -0.25) is 4.79 Å². The molecule has 1 fully saturated rings. The van der Waals surface area contributed by atoms with Crippen LogP contribution in [0.25, 0.3) is 0 Å². The maximum Gasteiger partial charge on any atom is 0.314 e. The number of nitrogens with one attached hydrogen (secondary N) is 2. The molecule has 6 heteroatoms. The normalized spacial score (nSPS) is 16.5. The zero-order valence-electron chi connectivity index (χ0n) is 13.3. The van der Waals surface area contributed by atoms with Gasteiger partial charge >= 0.3 is 12.0 Å². The lowest BCUT2D eigenvalue weighted by Gasteiger charge is -2.28. The average molecular weight is 299 g/mol. The Kier molecular flexibility index (Phi) is 7.50. The van der Waals surface area contributed by atoms with Gasteiger partial charge in [-0.2, -0.15) is 0 Å². The fraction of sp³-hybridized carbons (Fsp3) is 0.867. The Bertz CT molecular complexity index is 337. The number of hydrogen-bond donors (Lipinski definition) is 3. The summed E-state index contributed by atoms with van der Waals surface area (Å²) >= 11 is 0. The largest absolute Gasteiger partial charge is 0.481 e. The van der Waals surface area contributed by atoms with Crippen molar-refractivity contribution >= 4 is 12.0 Å². The number of aliphatic carboxylic acids is 1. The van der Waals surface area contributed by atoms with Crippen LogP contribution in [0.15, 0.2) is 0 Å². The number of carbonyl (C=O) groups is 2. The van der Waals surface area contributed by atoms with E-state index in [0.29, 0.717) is 19.4 Å². The van der Waals surface area contributed by atoms with E-state index in [2.05, 4.69) is 15.5 Å². The van der Waals surface area contributed by atoms with E-state index in [0.717, 1.165) is 19.6 Å². The molecular weight excluding hydrogens is 270 g/mol. The van der Waals surface area contributed by atoms with Crippen LogP contribution in [0, 0.1) is 5.41 Å². The SMILES string of the molecule is CCC(CC)(CNC(=O)NCCN1CCCCC1)C(=O)O. The third-order valence-electron chi connectivity index (χ3n) is 4.56. The Labute approximate surface area is 127 Å². The Hall–Kier alpha value is -1.30. The van der Waals surface area contributed by atoms with E-state index in [-0.39, 0.29) is 12.6 Å². The van der Waals surface area contributed by atoms with E-state index in [1.165, 1.54) is 19.3 Å². The topological polar surface area (TPSA) is 81.7 Å². The van der Waals surface area contributed by atoms with Gasteiger partial charge in [-0.1, -0.05) is 20.3 Å². The molecule has 1 aliphatic heterocycles. The molecule has 0 unspecified atom stereocenters. The van der Waals surface area contributed by atoms with Crippen molar-refractivity contribution in [2.45, 2.75) is 46.0 Å². The van der Waals surface area contributed by atoms with Crippen LogP contribution in [0.4, 0.5) is 4.79 Å². The first-order chi connectivity index (χ1) is 10.0. The number of piperidine rings is 1. The van der Waals surface area contributed by atoms with Crippen LogP contribution >= 0.6 is 0 Å². The molecule has 0 aromatic carbocycles. The summed E-state index contributed by atoms with van der Waals surface area (Å²) in [6, 6.07) is -0.278. The molecule has 6 nitrogen and oxygen atoms in total. The van der Waals surface area contributed by atoms with Gasteiger partial charge in [0.25, 0.3) is 0 Å². The van der Waals surface area contributed by atoms with Crippen molar-refractivity contribution in [1.82, 2.24) is 15.5 Å². The van der Waals surface area contributed by atoms with Crippen molar-refractivity contribution in [3.8, 4) is 0 Å². The van der Waals surface area contributed by atoms with Gasteiger partial charge in [-0.05, 0) is 38.8 Å². The van der Waals surface area contributed by atoms with E-state index in [1.807, 2.05) is 13.8 Å². The van der Waals surface area contributed by atoms with Crippen molar-refractivity contribution in [2.24, 2.45) is 5.41 Å². The minimum atomic E-state index is -0.857. The monoisotopic (exact) mass is 299 g/mol. The zero-order valence-corrected chi connectivity index (χ0v) is 13.3. The fourth-order valence-corrected chi connectivity index (χ4v) is 2.70. The van der Waals surface area contributed by atoms with E-state index >= 15 is 0 Å². The molecular formula is C15H29N3O3. The van der Waals surface area contributed by atoms with Crippen molar-refractivity contribution in [3.05, 3.63) is 0 Å². The lowest BCUT2D eigenvalue weighted by molar-refractivity contribution is -0.149. The minimum absolute atomic E-state index is 0.172. The van der Waals surface area contributed by atoms with Gasteiger partial charge in [0.2, 0.25) is 0 Å². The molecule has 1 rings (SSSR count). The van der Waals surface area contributed by atoms with Gasteiger partial charge in [-0.25, -0.2) is 4.79 Å². The minimum Gasteiger partial charge on any atom is -0.481 e. The predicted octanol–water partition coefficient (Wildman–Crippen LogP) is 1.66. The average Bonchev–Trinajstić information content (AvgIpc) is 2.49. The molecule has 1 heterocycles. The highest BCUT2D eigenvalue weighted by Crippen LogP contribution is 2.25. The zero-order chi connectivity index (χ0) is 15.7. The van der Waals surface area contributed by atoms with Crippen LogP contribution in [0.2, 0.25) is 0 Å². The van der Waals surface area contributed by atoms with Crippen LogP contribution in [0.1, 0.15) is 46.0 Å². The second-order valence-electron chi connectivity index (χ2n) is 5.80. The fourth-order valence-electron chi connectivity index (χ4n) is 2.70. The number of carbonyl (C=O) groups excluding carboxylic acids is 1. The molecule has 1 aliphatic rings. The van der Waals surface area contributed by atoms with Crippen LogP contribution in [-0.2, 0) is 4.79 Å². The second-order valence-corrected chi connectivity index (χ2v) is 5.80. The molecule has 1 saturated heterocycles. The Balaban J connectivity index is 2.24. The third-order valence-corrected chi connectivity index (χ3v) is 4.56. The summed E-state index contributed by atoms with van der Waals surface area (Å²) in [4.78, 5) is 25.4. The number of carboxylic acid groups (broad SMARTS) is 1. The Morgan fingerprint density at radius 1 is 1.10 bits per heavy atom. The van der Waals surface area contributed by atoms with Gasteiger partial charge in [0.15, 0.2) is 0 Å². The highest BCUT2D eigenvalue weighted by molar-refractivity contribution is 5.78. The number of urea groups is 1. The molecule has 0 radical (unpaired) electrons. The van der Waals surface area contributed by atoms with Gasteiger partial charge in [-0.15, -0.1) is 0 Å². The number of rotatable bonds is 8. The second kappa shape index (κ2) is 8.87. The molecule has 0 aromatic heterocycles. The van der Waals surface area contributed by atoms with Crippen molar-refractivity contribution < 1.29 is 14.7 Å². The molecule has 122 valence electrons. The van der Waals surface area contributed by atoms with Crippen molar-refractivity contribution in [1.29, 1.82) is 0 Å². The quantitative estimate of drug-likeness (QED) is 0.636. The molecule has 0 aromatic rings. The molecule has 21 heavy (non-hydrogen) atoms. The first-order valence-electron chi connectivity index (χ1n) is 8.01. The number of nitrogens with zero attached hydrogens (tertiary/aromatic N) is 1. The van der Waals surface area contributed by atoms with E-state index in [1.54, 1.807) is 0 Å². The molecule has 0 atom stereocenters. The molecule has 3 N–H and O–H groups in total. The van der Waals surface area contributed by atoms with Gasteiger partial charge in [0.05, 0.1) is 5.41 Å².